The number of tetrazole rings is 1. The van der Waals surface area contributed by atoms with E-state index in [1.54, 1.807) is 6.20 Å². The van der Waals surface area contributed by atoms with Gasteiger partial charge in [-0.25, -0.2) is 4.79 Å². The predicted molar refractivity (Wildman–Crippen MR) is 124 cm³/mol. The molecule has 0 aliphatic carbocycles. The minimum atomic E-state index is 0.0812. The molecule has 0 saturated heterocycles. The minimum absolute atomic E-state index is 0.0812. The number of rotatable bonds is 10. The van der Waals surface area contributed by atoms with Crippen LogP contribution in [-0.4, -0.2) is 34.7 Å². The fraction of sp³-hybridized carbons (Fsp3) is 0.375. The van der Waals surface area contributed by atoms with Crippen LogP contribution >= 0.6 is 0 Å². The molecule has 8 heteroatoms. The summed E-state index contributed by atoms with van der Waals surface area (Å²) >= 11 is 0. The van der Waals surface area contributed by atoms with Crippen LogP contribution < -0.4 is 5.69 Å². The van der Waals surface area contributed by atoms with Gasteiger partial charge < -0.3 is 0 Å². The second-order valence-corrected chi connectivity index (χ2v) is 7.97. The Balaban J connectivity index is 1.58. The van der Waals surface area contributed by atoms with Gasteiger partial charge in [-0.15, -0.1) is 10.2 Å². The Bertz CT molecular complexity index is 1190. The molecule has 0 atom stereocenters. The number of aryl methyl sites for hydroxylation is 2. The molecule has 1 aromatic carbocycles. The van der Waals surface area contributed by atoms with Gasteiger partial charge in [0.2, 0.25) is 5.82 Å². The van der Waals surface area contributed by atoms with Crippen molar-refractivity contribution in [3.05, 3.63) is 70.5 Å². The lowest BCUT2D eigenvalue weighted by Crippen LogP contribution is -2.25. The number of hydrogen-bond donors (Lipinski definition) is 1. The van der Waals surface area contributed by atoms with Crippen molar-refractivity contribution in [1.82, 2.24) is 34.7 Å². The molecule has 0 amide bonds. The van der Waals surface area contributed by atoms with E-state index in [4.69, 9.17) is 0 Å². The molecule has 4 rings (SSSR count). The van der Waals surface area contributed by atoms with Crippen molar-refractivity contribution in [2.24, 2.45) is 0 Å². The average molecular weight is 432 g/mol. The minimum Gasteiger partial charge on any atom is -0.299 e. The molecule has 0 spiro atoms. The van der Waals surface area contributed by atoms with Crippen LogP contribution in [0.15, 0.2) is 53.6 Å². The van der Waals surface area contributed by atoms with E-state index in [0.29, 0.717) is 12.4 Å². The number of pyridine rings is 1. The summed E-state index contributed by atoms with van der Waals surface area (Å²) in [5.74, 6) is 0.511. The quantitative estimate of drug-likeness (QED) is 0.382. The van der Waals surface area contributed by atoms with Gasteiger partial charge >= 0.3 is 5.69 Å². The van der Waals surface area contributed by atoms with E-state index < -0.39 is 0 Å². The number of unbranched alkanes of at least 4 members (excludes halogenated alkanes) is 2. The number of benzene rings is 1. The molecular formula is C24H29N7O. The Kier molecular flexibility index (Phi) is 6.89. The van der Waals surface area contributed by atoms with Gasteiger partial charge in [-0.2, -0.15) is 5.21 Å². The maximum absolute atomic E-state index is 13.0. The Morgan fingerprint density at radius 3 is 2.59 bits per heavy atom. The summed E-state index contributed by atoms with van der Waals surface area (Å²) in [4.78, 5) is 17.6. The van der Waals surface area contributed by atoms with Crippen molar-refractivity contribution in [3.63, 3.8) is 0 Å². The standard InChI is InChI=1S/C24H29N7O/c1-3-5-6-15-30-17-20(8-4-2)31(24(30)32)16-18-10-12-19(13-11-18)22-21(9-7-14-25-22)23-26-28-29-27-23/h7,9-14,17H,3-6,8,15-16H2,1-2H3,(H,26,27,28,29). The van der Waals surface area contributed by atoms with Crippen molar-refractivity contribution < 1.29 is 0 Å². The topological polar surface area (TPSA) is 94.3 Å². The smallest absolute Gasteiger partial charge is 0.299 e. The Hall–Kier alpha value is -3.55. The van der Waals surface area contributed by atoms with Gasteiger partial charge in [-0.05, 0) is 35.8 Å². The number of aromatic amines is 1. The molecular weight excluding hydrogens is 402 g/mol. The van der Waals surface area contributed by atoms with Crippen LogP contribution in [0.1, 0.15) is 50.8 Å². The Morgan fingerprint density at radius 2 is 1.88 bits per heavy atom. The third-order valence-electron chi connectivity index (χ3n) is 5.60. The molecule has 0 fully saturated rings. The summed E-state index contributed by atoms with van der Waals surface area (Å²) in [5, 5.41) is 14.3. The van der Waals surface area contributed by atoms with Gasteiger partial charge in [0, 0.05) is 35.8 Å². The second kappa shape index (κ2) is 10.2. The number of nitrogens with zero attached hydrogens (tertiary/aromatic N) is 6. The summed E-state index contributed by atoms with van der Waals surface area (Å²) in [7, 11) is 0. The lowest BCUT2D eigenvalue weighted by molar-refractivity contribution is 0.573. The van der Waals surface area contributed by atoms with Gasteiger partial charge in [0.15, 0.2) is 0 Å². The maximum Gasteiger partial charge on any atom is 0.328 e. The van der Waals surface area contributed by atoms with Crippen LogP contribution in [0.5, 0.6) is 0 Å². The second-order valence-electron chi connectivity index (χ2n) is 7.97. The van der Waals surface area contributed by atoms with Crippen molar-refractivity contribution in [2.45, 2.75) is 59.0 Å². The van der Waals surface area contributed by atoms with E-state index in [-0.39, 0.29) is 5.69 Å². The third kappa shape index (κ3) is 4.69. The van der Waals surface area contributed by atoms with Crippen molar-refractivity contribution in [1.29, 1.82) is 0 Å². The highest BCUT2D eigenvalue weighted by atomic mass is 16.1. The molecule has 32 heavy (non-hydrogen) atoms. The van der Waals surface area contributed by atoms with E-state index in [1.807, 2.05) is 39.6 Å². The highest BCUT2D eigenvalue weighted by Crippen LogP contribution is 2.27. The molecule has 0 bridgehead atoms. The zero-order valence-electron chi connectivity index (χ0n) is 18.7. The monoisotopic (exact) mass is 431 g/mol. The number of aromatic nitrogens is 7. The summed E-state index contributed by atoms with van der Waals surface area (Å²) in [6.45, 7) is 5.67. The maximum atomic E-state index is 13.0. The van der Waals surface area contributed by atoms with Crippen LogP contribution in [0.4, 0.5) is 0 Å². The summed E-state index contributed by atoms with van der Waals surface area (Å²) < 4.78 is 3.79. The lowest BCUT2D eigenvalue weighted by atomic mass is 10.0. The highest BCUT2D eigenvalue weighted by Gasteiger charge is 2.14. The summed E-state index contributed by atoms with van der Waals surface area (Å²) in [6.07, 6.45) is 9.03. The first-order valence-corrected chi connectivity index (χ1v) is 11.3. The van der Waals surface area contributed by atoms with E-state index >= 15 is 0 Å². The molecule has 4 aromatic rings. The normalized spacial score (nSPS) is 11.2. The SMILES string of the molecule is CCCCCn1cc(CCC)n(Cc2ccc(-c3ncccc3-c3nn[nH]n3)cc2)c1=O. The Morgan fingerprint density at radius 1 is 1.03 bits per heavy atom. The van der Waals surface area contributed by atoms with Gasteiger partial charge in [-0.1, -0.05) is 57.4 Å². The largest absolute Gasteiger partial charge is 0.328 e. The van der Waals surface area contributed by atoms with Gasteiger partial charge in [0.1, 0.15) is 0 Å². The predicted octanol–water partition coefficient (Wildman–Crippen LogP) is 4.08. The number of H-pyrrole nitrogens is 1. The molecule has 1 N–H and O–H groups in total. The van der Waals surface area contributed by atoms with E-state index in [1.165, 1.54) is 0 Å². The molecule has 3 heterocycles. The fourth-order valence-corrected chi connectivity index (χ4v) is 3.94. The van der Waals surface area contributed by atoms with Gasteiger partial charge in [0.05, 0.1) is 12.2 Å². The first-order valence-electron chi connectivity index (χ1n) is 11.3. The van der Waals surface area contributed by atoms with Crippen LogP contribution in [0, 0.1) is 0 Å². The number of hydrogen-bond acceptors (Lipinski definition) is 5. The summed E-state index contributed by atoms with van der Waals surface area (Å²) in [5.41, 5.74) is 4.84. The summed E-state index contributed by atoms with van der Waals surface area (Å²) in [6, 6.07) is 12.0. The van der Waals surface area contributed by atoms with Crippen molar-refractivity contribution in [2.75, 3.05) is 0 Å². The number of nitrogens with one attached hydrogen (secondary N) is 1. The molecule has 0 saturated carbocycles. The molecule has 8 nitrogen and oxygen atoms in total. The zero-order valence-corrected chi connectivity index (χ0v) is 18.7. The van der Waals surface area contributed by atoms with Crippen LogP contribution in [0.25, 0.3) is 22.6 Å². The lowest BCUT2D eigenvalue weighted by Gasteiger charge is -2.09. The van der Waals surface area contributed by atoms with Crippen molar-refractivity contribution >= 4 is 0 Å². The average Bonchev–Trinajstić information content (AvgIpc) is 3.45. The van der Waals surface area contributed by atoms with Crippen LogP contribution in [-0.2, 0) is 19.5 Å². The Labute approximate surface area is 187 Å². The molecule has 0 aliphatic heterocycles. The van der Waals surface area contributed by atoms with E-state index in [9.17, 15) is 4.79 Å². The molecule has 0 aliphatic rings. The third-order valence-corrected chi connectivity index (χ3v) is 5.60. The van der Waals surface area contributed by atoms with E-state index in [0.717, 1.165) is 66.7 Å². The highest BCUT2D eigenvalue weighted by molar-refractivity contribution is 5.76. The van der Waals surface area contributed by atoms with E-state index in [2.05, 4.69) is 51.6 Å². The van der Waals surface area contributed by atoms with Crippen LogP contribution in [0.3, 0.4) is 0 Å². The van der Waals surface area contributed by atoms with Gasteiger partial charge in [-0.3, -0.25) is 14.1 Å². The molecule has 0 unspecified atom stereocenters. The first kappa shape index (κ1) is 21.7. The van der Waals surface area contributed by atoms with Crippen LogP contribution in [0.2, 0.25) is 0 Å². The fourth-order valence-electron chi connectivity index (χ4n) is 3.94. The first-order chi connectivity index (χ1) is 15.7. The van der Waals surface area contributed by atoms with Crippen molar-refractivity contribution in [3.8, 4) is 22.6 Å². The zero-order chi connectivity index (χ0) is 22.3. The van der Waals surface area contributed by atoms with Gasteiger partial charge in [0.25, 0.3) is 0 Å². The number of imidazole rings is 1. The molecule has 0 radical (unpaired) electrons. The molecule has 166 valence electrons. The molecule has 3 aromatic heterocycles.